The zero-order chi connectivity index (χ0) is 16.9. The van der Waals surface area contributed by atoms with Crippen molar-refractivity contribution in [3.05, 3.63) is 0 Å². The maximum Gasteiger partial charge on any atom is 0.237 e. The molecule has 1 aliphatic heterocycles. The quantitative estimate of drug-likeness (QED) is 0.788. The summed E-state index contributed by atoms with van der Waals surface area (Å²) in [4.78, 5) is 25.8. The van der Waals surface area contributed by atoms with Crippen LogP contribution in [-0.4, -0.2) is 47.4 Å². The van der Waals surface area contributed by atoms with Crippen molar-refractivity contribution in [2.75, 3.05) is 13.1 Å². The number of piperidine rings is 1. The average Bonchev–Trinajstić information content (AvgIpc) is 2.46. The first kappa shape index (κ1) is 18.9. The molecule has 0 aromatic carbocycles. The average molecular weight is 311 g/mol. The lowest BCUT2D eigenvalue weighted by Gasteiger charge is -2.39. The maximum atomic E-state index is 12.3. The van der Waals surface area contributed by atoms with E-state index in [2.05, 4.69) is 24.5 Å². The number of rotatable bonds is 6. The summed E-state index contributed by atoms with van der Waals surface area (Å²) in [6, 6.07) is 0.0832. The van der Waals surface area contributed by atoms with Gasteiger partial charge in [-0.25, -0.2) is 0 Å². The lowest BCUT2D eigenvalue weighted by atomic mass is 9.89. The lowest BCUT2D eigenvalue weighted by molar-refractivity contribution is -0.131. The Hall–Kier alpha value is -1.10. The van der Waals surface area contributed by atoms with Crippen molar-refractivity contribution in [3.8, 4) is 0 Å². The highest BCUT2D eigenvalue weighted by atomic mass is 16.2. The van der Waals surface area contributed by atoms with E-state index >= 15 is 0 Å². The van der Waals surface area contributed by atoms with E-state index in [4.69, 9.17) is 0 Å². The minimum Gasteiger partial charge on any atom is -0.350 e. The molecule has 0 bridgehead atoms. The predicted octanol–water partition coefficient (Wildman–Crippen LogP) is 1.92. The maximum absolute atomic E-state index is 12.3. The Morgan fingerprint density at radius 2 is 1.95 bits per heavy atom. The van der Waals surface area contributed by atoms with Crippen LogP contribution in [0.25, 0.3) is 0 Å². The van der Waals surface area contributed by atoms with Crippen LogP contribution in [0.4, 0.5) is 0 Å². The van der Waals surface area contributed by atoms with E-state index in [-0.39, 0.29) is 23.4 Å². The zero-order valence-electron chi connectivity index (χ0n) is 15.0. The molecule has 0 spiro atoms. The second-order valence-corrected chi connectivity index (χ2v) is 7.14. The predicted molar refractivity (Wildman–Crippen MR) is 89.6 cm³/mol. The van der Waals surface area contributed by atoms with Gasteiger partial charge in [0, 0.05) is 31.6 Å². The van der Waals surface area contributed by atoms with Gasteiger partial charge in [0.25, 0.3) is 0 Å². The van der Waals surface area contributed by atoms with Crippen molar-refractivity contribution in [2.45, 2.75) is 78.4 Å². The normalized spacial score (nSPS) is 24.0. The van der Waals surface area contributed by atoms with E-state index in [9.17, 15) is 9.59 Å². The topological polar surface area (TPSA) is 61.4 Å². The molecule has 1 rings (SSSR count). The molecule has 2 amide bonds. The summed E-state index contributed by atoms with van der Waals surface area (Å²) in [6.45, 7) is 13.4. The van der Waals surface area contributed by atoms with Crippen molar-refractivity contribution >= 4 is 11.8 Å². The van der Waals surface area contributed by atoms with Crippen molar-refractivity contribution in [3.63, 3.8) is 0 Å². The fraction of sp³-hybridized carbons (Fsp3) is 0.882. The van der Waals surface area contributed by atoms with Gasteiger partial charge in [0.2, 0.25) is 11.8 Å². The largest absolute Gasteiger partial charge is 0.350 e. The minimum atomic E-state index is -0.214. The van der Waals surface area contributed by atoms with Crippen molar-refractivity contribution < 1.29 is 9.59 Å². The van der Waals surface area contributed by atoms with Gasteiger partial charge in [-0.15, -0.1) is 0 Å². The summed E-state index contributed by atoms with van der Waals surface area (Å²) >= 11 is 0. The van der Waals surface area contributed by atoms with Gasteiger partial charge in [-0.3, -0.25) is 9.59 Å². The fourth-order valence-corrected chi connectivity index (χ4v) is 2.88. The van der Waals surface area contributed by atoms with E-state index in [0.717, 1.165) is 32.4 Å². The number of nitrogens with zero attached hydrogens (tertiary/aromatic N) is 1. The molecule has 1 aliphatic rings. The van der Waals surface area contributed by atoms with Crippen LogP contribution >= 0.6 is 0 Å². The zero-order valence-corrected chi connectivity index (χ0v) is 15.0. The molecule has 128 valence electrons. The van der Waals surface area contributed by atoms with Gasteiger partial charge >= 0.3 is 0 Å². The molecule has 3 atom stereocenters. The number of likely N-dealkylation sites (tertiary alicyclic amines) is 1. The molecule has 0 aliphatic carbocycles. The molecule has 22 heavy (non-hydrogen) atoms. The summed E-state index contributed by atoms with van der Waals surface area (Å²) in [5.41, 5.74) is -0.171. The van der Waals surface area contributed by atoms with Gasteiger partial charge in [0.15, 0.2) is 0 Å². The van der Waals surface area contributed by atoms with E-state index in [1.54, 1.807) is 6.92 Å². The van der Waals surface area contributed by atoms with Crippen LogP contribution in [-0.2, 0) is 9.59 Å². The summed E-state index contributed by atoms with van der Waals surface area (Å²) in [6.07, 6.45) is 2.82. The van der Waals surface area contributed by atoms with Gasteiger partial charge in [-0.2, -0.15) is 0 Å². The van der Waals surface area contributed by atoms with E-state index in [1.165, 1.54) is 0 Å². The third kappa shape index (κ3) is 5.27. The van der Waals surface area contributed by atoms with Crippen molar-refractivity contribution in [2.24, 2.45) is 5.92 Å². The van der Waals surface area contributed by atoms with Crippen LogP contribution in [0, 0.1) is 5.92 Å². The standard InChI is InChI=1S/C17H33N3O2/c1-7-14-11-20(13(4)21)10-9-15(14)18-12(3)16(22)19-17(5,6)8-2/h12,14-15,18H,7-11H2,1-6H3,(H,19,22). The van der Waals surface area contributed by atoms with Gasteiger partial charge in [0.1, 0.15) is 0 Å². The van der Waals surface area contributed by atoms with Crippen LogP contribution in [0.1, 0.15) is 60.8 Å². The van der Waals surface area contributed by atoms with Crippen LogP contribution < -0.4 is 10.6 Å². The monoisotopic (exact) mass is 311 g/mol. The Morgan fingerprint density at radius 3 is 2.45 bits per heavy atom. The van der Waals surface area contributed by atoms with Crippen molar-refractivity contribution in [1.82, 2.24) is 15.5 Å². The highest BCUT2D eigenvalue weighted by Gasteiger charge is 2.31. The second kappa shape index (κ2) is 7.95. The molecule has 2 N–H and O–H groups in total. The molecule has 5 heteroatoms. The second-order valence-electron chi connectivity index (χ2n) is 7.14. The SMILES string of the molecule is CCC1CN(C(C)=O)CCC1NC(C)C(=O)NC(C)(C)CC. The Kier molecular flexibility index (Phi) is 6.85. The van der Waals surface area contributed by atoms with Crippen molar-refractivity contribution in [1.29, 1.82) is 0 Å². The number of hydrogen-bond acceptors (Lipinski definition) is 3. The first-order valence-corrected chi connectivity index (χ1v) is 8.53. The summed E-state index contributed by atoms with van der Waals surface area (Å²) in [5, 5.41) is 6.56. The molecule has 1 heterocycles. The first-order valence-electron chi connectivity index (χ1n) is 8.53. The Balaban J connectivity index is 2.58. The molecule has 0 saturated carbocycles. The fourth-order valence-electron chi connectivity index (χ4n) is 2.88. The minimum absolute atomic E-state index is 0.0516. The van der Waals surface area contributed by atoms with Gasteiger partial charge < -0.3 is 15.5 Å². The molecule has 3 unspecified atom stereocenters. The number of nitrogens with one attached hydrogen (secondary N) is 2. The molecule has 0 aromatic rings. The Labute approximate surface area is 135 Å². The Morgan fingerprint density at radius 1 is 1.32 bits per heavy atom. The van der Waals surface area contributed by atoms with E-state index in [0.29, 0.717) is 12.0 Å². The highest BCUT2D eigenvalue weighted by Crippen LogP contribution is 2.21. The summed E-state index contributed by atoms with van der Waals surface area (Å²) in [7, 11) is 0. The van der Waals surface area contributed by atoms with E-state index in [1.807, 2.05) is 25.7 Å². The number of carbonyl (C=O) groups excluding carboxylic acids is 2. The number of amides is 2. The first-order chi connectivity index (χ1) is 10.2. The van der Waals surface area contributed by atoms with Gasteiger partial charge in [-0.05, 0) is 39.5 Å². The summed E-state index contributed by atoms with van der Waals surface area (Å²) < 4.78 is 0. The van der Waals surface area contributed by atoms with Gasteiger partial charge in [0.05, 0.1) is 6.04 Å². The molecular formula is C17H33N3O2. The molecule has 0 aromatic heterocycles. The van der Waals surface area contributed by atoms with Crippen LogP contribution in [0.2, 0.25) is 0 Å². The Bertz CT molecular complexity index is 395. The third-order valence-corrected chi connectivity index (χ3v) is 4.91. The molecule has 0 radical (unpaired) electrons. The van der Waals surface area contributed by atoms with Crippen LogP contribution in [0.3, 0.4) is 0 Å². The summed E-state index contributed by atoms with van der Waals surface area (Å²) in [5.74, 6) is 0.607. The number of hydrogen-bond donors (Lipinski definition) is 2. The molecule has 1 saturated heterocycles. The van der Waals surface area contributed by atoms with E-state index < -0.39 is 0 Å². The highest BCUT2D eigenvalue weighted by molar-refractivity contribution is 5.82. The molecule has 1 fully saturated rings. The van der Waals surface area contributed by atoms with Crippen LogP contribution in [0.5, 0.6) is 0 Å². The lowest BCUT2D eigenvalue weighted by Crippen LogP contribution is -2.57. The van der Waals surface area contributed by atoms with Crippen LogP contribution in [0.15, 0.2) is 0 Å². The number of carbonyl (C=O) groups is 2. The van der Waals surface area contributed by atoms with Gasteiger partial charge in [-0.1, -0.05) is 20.3 Å². The molecule has 5 nitrogen and oxygen atoms in total. The smallest absolute Gasteiger partial charge is 0.237 e. The molecular weight excluding hydrogens is 278 g/mol. The third-order valence-electron chi connectivity index (χ3n) is 4.91.